The minimum atomic E-state index is -0.00766. The summed E-state index contributed by atoms with van der Waals surface area (Å²) in [5.74, 6) is 0.132. The fraction of sp³-hybridized carbons (Fsp3) is 0.529. The van der Waals surface area contributed by atoms with Crippen LogP contribution in [0.2, 0.25) is 5.02 Å². The predicted molar refractivity (Wildman–Crippen MR) is 89.9 cm³/mol. The third-order valence-corrected chi connectivity index (χ3v) is 3.91. The summed E-state index contributed by atoms with van der Waals surface area (Å²) in [7, 11) is 0. The van der Waals surface area contributed by atoms with Crippen molar-refractivity contribution in [2.45, 2.75) is 39.5 Å². The van der Waals surface area contributed by atoms with Crippen molar-refractivity contribution in [1.82, 2.24) is 10.6 Å². The number of aryl methyl sites for hydroxylation is 1. The fourth-order valence-electron chi connectivity index (χ4n) is 2.19. The molecule has 0 bridgehead atoms. The van der Waals surface area contributed by atoms with Crippen LogP contribution in [-0.4, -0.2) is 24.9 Å². The van der Waals surface area contributed by atoms with Gasteiger partial charge in [-0.15, -0.1) is 0 Å². The van der Waals surface area contributed by atoms with Gasteiger partial charge in [0.05, 0.1) is 0 Å². The Labute approximate surface area is 137 Å². The first-order valence-corrected chi connectivity index (χ1v) is 8.23. The van der Waals surface area contributed by atoms with Crippen LogP contribution in [0.5, 0.6) is 0 Å². The molecule has 0 spiro atoms. The van der Waals surface area contributed by atoms with E-state index in [1.165, 1.54) is 0 Å². The SMILES string of the molecule is CCC(CC)C(=O)NCCNC(=O)CCc1ccc(Cl)cc1. The van der Waals surface area contributed by atoms with Crippen molar-refractivity contribution in [2.24, 2.45) is 5.92 Å². The van der Waals surface area contributed by atoms with Crippen molar-refractivity contribution in [3.63, 3.8) is 0 Å². The zero-order chi connectivity index (χ0) is 16.4. The van der Waals surface area contributed by atoms with Crippen LogP contribution in [0.4, 0.5) is 0 Å². The largest absolute Gasteiger partial charge is 0.354 e. The monoisotopic (exact) mass is 324 g/mol. The number of hydrogen-bond acceptors (Lipinski definition) is 2. The summed E-state index contributed by atoms with van der Waals surface area (Å²) in [5, 5.41) is 6.36. The number of hydrogen-bond donors (Lipinski definition) is 2. The van der Waals surface area contributed by atoms with Gasteiger partial charge in [0.15, 0.2) is 0 Å². The Kier molecular flexibility index (Phi) is 8.60. The molecule has 1 aromatic rings. The summed E-state index contributed by atoms with van der Waals surface area (Å²) >= 11 is 5.81. The van der Waals surface area contributed by atoms with E-state index in [9.17, 15) is 9.59 Å². The van der Waals surface area contributed by atoms with Crippen LogP contribution in [0, 0.1) is 5.92 Å². The molecule has 0 atom stereocenters. The molecule has 0 aromatic heterocycles. The highest BCUT2D eigenvalue weighted by molar-refractivity contribution is 6.30. The molecule has 0 aliphatic heterocycles. The third-order valence-electron chi connectivity index (χ3n) is 3.66. The van der Waals surface area contributed by atoms with Crippen LogP contribution < -0.4 is 10.6 Å². The number of benzene rings is 1. The van der Waals surface area contributed by atoms with Crippen LogP contribution in [0.1, 0.15) is 38.7 Å². The van der Waals surface area contributed by atoms with E-state index < -0.39 is 0 Å². The van der Waals surface area contributed by atoms with E-state index in [-0.39, 0.29) is 17.7 Å². The second-order valence-corrected chi connectivity index (χ2v) is 5.72. The molecule has 122 valence electrons. The summed E-state index contributed by atoms with van der Waals surface area (Å²) in [5.41, 5.74) is 1.08. The standard InChI is InChI=1S/C17H25ClN2O2/c1-3-14(4-2)17(22)20-12-11-19-16(21)10-7-13-5-8-15(18)9-6-13/h5-6,8-9,14H,3-4,7,10-12H2,1-2H3,(H,19,21)(H,20,22). The zero-order valence-electron chi connectivity index (χ0n) is 13.3. The molecular weight excluding hydrogens is 300 g/mol. The van der Waals surface area contributed by atoms with Crippen LogP contribution >= 0.6 is 11.6 Å². The second-order valence-electron chi connectivity index (χ2n) is 5.28. The third kappa shape index (κ3) is 6.94. The molecule has 1 aromatic carbocycles. The highest BCUT2D eigenvalue weighted by Gasteiger charge is 2.12. The lowest BCUT2D eigenvalue weighted by molar-refractivity contribution is -0.125. The number of halogens is 1. The van der Waals surface area contributed by atoms with Crippen LogP contribution in [-0.2, 0) is 16.0 Å². The molecule has 0 saturated heterocycles. The van der Waals surface area contributed by atoms with Crippen molar-refractivity contribution in [3.05, 3.63) is 34.9 Å². The van der Waals surface area contributed by atoms with E-state index in [0.29, 0.717) is 31.0 Å². The lowest BCUT2D eigenvalue weighted by Gasteiger charge is -2.13. The lowest BCUT2D eigenvalue weighted by atomic mass is 10.0. The lowest BCUT2D eigenvalue weighted by Crippen LogP contribution is -2.37. The Balaban J connectivity index is 2.16. The van der Waals surface area contributed by atoms with E-state index in [4.69, 9.17) is 11.6 Å². The van der Waals surface area contributed by atoms with Crippen molar-refractivity contribution in [3.8, 4) is 0 Å². The van der Waals surface area contributed by atoms with E-state index in [1.54, 1.807) is 0 Å². The van der Waals surface area contributed by atoms with Crippen molar-refractivity contribution < 1.29 is 9.59 Å². The predicted octanol–water partition coefficient (Wildman–Crippen LogP) is 2.94. The molecule has 1 rings (SSSR count). The zero-order valence-corrected chi connectivity index (χ0v) is 14.1. The Hall–Kier alpha value is -1.55. The van der Waals surface area contributed by atoms with E-state index in [2.05, 4.69) is 10.6 Å². The molecule has 2 N–H and O–H groups in total. The first-order valence-electron chi connectivity index (χ1n) is 7.85. The van der Waals surface area contributed by atoms with Gasteiger partial charge >= 0.3 is 0 Å². The topological polar surface area (TPSA) is 58.2 Å². The molecule has 0 radical (unpaired) electrons. The van der Waals surface area contributed by atoms with Crippen molar-refractivity contribution >= 4 is 23.4 Å². The Bertz CT molecular complexity index is 470. The summed E-state index contributed by atoms with van der Waals surface area (Å²) in [6, 6.07) is 7.49. The van der Waals surface area contributed by atoms with Crippen molar-refractivity contribution in [2.75, 3.05) is 13.1 Å². The maximum Gasteiger partial charge on any atom is 0.223 e. The molecule has 4 nitrogen and oxygen atoms in total. The van der Waals surface area contributed by atoms with Gasteiger partial charge in [0.1, 0.15) is 0 Å². The van der Waals surface area contributed by atoms with Gasteiger partial charge in [-0.25, -0.2) is 0 Å². The van der Waals surface area contributed by atoms with Crippen LogP contribution in [0.25, 0.3) is 0 Å². The molecule has 2 amide bonds. The quantitative estimate of drug-likeness (QED) is 0.686. The molecule has 0 unspecified atom stereocenters. The number of carbonyl (C=O) groups excluding carboxylic acids is 2. The number of nitrogens with one attached hydrogen (secondary N) is 2. The van der Waals surface area contributed by atoms with Gasteiger partial charge < -0.3 is 10.6 Å². The molecule has 0 fully saturated rings. The van der Waals surface area contributed by atoms with E-state index >= 15 is 0 Å². The molecule has 22 heavy (non-hydrogen) atoms. The van der Waals surface area contributed by atoms with E-state index in [1.807, 2.05) is 38.1 Å². The van der Waals surface area contributed by atoms with Gasteiger partial charge in [-0.1, -0.05) is 37.6 Å². The van der Waals surface area contributed by atoms with Gasteiger partial charge in [0, 0.05) is 30.5 Å². The molecule has 0 aliphatic carbocycles. The van der Waals surface area contributed by atoms with Crippen LogP contribution in [0.3, 0.4) is 0 Å². The minimum Gasteiger partial charge on any atom is -0.354 e. The van der Waals surface area contributed by atoms with Crippen LogP contribution in [0.15, 0.2) is 24.3 Å². The average molecular weight is 325 g/mol. The van der Waals surface area contributed by atoms with Gasteiger partial charge in [-0.3, -0.25) is 9.59 Å². The summed E-state index contributed by atoms with van der Waals surface area (Å²) < 4.78 is 0. The number of amides is 2. The Morgan fingerprint density at radius 3 is 2.23 bits per heavy atom. The molecule has 0 aliphatic rings. The smallest absolute Gasteiger partial charge is 0.223 e. The molecule has 0 saturated carbocycles. The fourth-order valence-corrected chi connectivity index (χ4v) is 2.31. The van der Waals surface area contributed by atoms with Gasteiger partial charge in [0.2, 0.25) is 11.8 Å². The Morgan fingerprint density at radius 2 is 1.64 bits per heavy atom. The maximum absolute atomic E-state index is 11.8. The first kappa shape index (κ1) is 18.5. The summed E-state index contributed by atoms with van der Waals surface area (Å²) in [4.78, 5) is 23.5. The summed E-state index contributed by atoms with van der Waals surface area (Å²) in [6.07, 6.45) is 2.80. The maximum atomic E-state index is 11.8. The van der Waals surface area contributed by atoms with E-state index in [0.717, 1.165) is 18.4 Å². The highest BCUT2D eigenvalue weighted by Crippen LogP contribution is 2.10. The highest BCUT2D eigenvalue weighted by atomic mass is 35.5. The average Bonchev–Trinajstić information content (AvgIpc) is 2.52. The first-order chi connectivity index (χ1) is 10.6. The molecule has 5 heteroatoms. The number of carbonyl (C=O) groups is 2. The second kappa shape index (κ2) is 10.2. The Morgan fingerprint density at radius 1 is 1.05 bits per heavy atom. The van der Waals surface area contributed by atoms with Gasteiger partial charge in [-0.2, -0.15) is 0 Å². The van der Waals surface area contributed by atoms with Gasteiger partial charge in [0.25, 0.3) is 0 Å². The summed E-state index contributed by atoms with van der Waals surface area (Å²) in [6.45, 7) is 4.95. The van der Waals surface area contributed by atoms with Gasteiger partial charge in [-0.05, 0) is 37.0 Å². The number of rotatable bonds is 9. The molecular formula is C17H25ClN2O2. The molecule has 0 heterocycles. The van der Waals surface area contributed by atoms with Crippen molar-refractivity contribution in [1.29, 1.82) is 0 Å². The minimum absolute atomic E-state index is 0.00766. The normalized spacial score (nSPS) is 10.5.